The molecule has 6 heteroatoms. The van der Waals surface area contributed by atoms with E-state index < -0.39 is 0 Å². The Bertz CT molecular complexity index is 698. The maximum Gasteiger partial charge on any atom is 0.228 e. The van der Waals surface area contributed by atoms with Gasteiger partial charge in [-0.3, -0.25) is 9.69 Å². The van der Waals surface area contributed by atoms with E-state index >= 15 is 0 Å². The first kappa shape index (κ1) is 18.1. The van der Waals surface area contributed by atoms with Gasteiger partial charge in [0.15, 0.2) is 0 Å². The fraction of sp³-hybridized carbons (Fsp3) is 0.600. The van der Waals surface area contributed by atoms with Crippen molar-refractivity contribution in [1.29, 1.82) is 0 Å². The van der Waals surface area contributed by atoms with E-state index in [1.165, 1.54) is 43.5 Å². The molecule has 0 atom stereocenters. The number of thiophene rings is 1. The molecule has 2 aromatic heterocycles. The molecule has 0 spiro atoms. The molecule has 3 heterocycles. The summed E-state index contributed by atoms with van der Waals surface area (Å²) in [5.41, 5.74) is 0.910. The third-order valence-electron chi connectivity index (χ3n) is 5.58. The fourth-order valence-electron chi connectivity index (χ4n) is 4.08. The predicted molar refractivity (Wildman–Crippen MR) is 109 cm³/mol. The zero-order valence-corrected chi connectivity index (χ0v) is 16.9. The quantitative estimate of drug-likeness (QED) is 0.771. The highest BCUT2D eigenvalue weighted by Gasteiger charge is 2.24. The molecule has 4 nitrogen and oxygen atoms in total. The molecule has 0 radical (unpaired) electrons. The molecule has 2 aromatic rings. The smallest absolute Gasteiger partial charge is 0.228 e. The number of nitrogens with zero attached hydrogens (tertiary/aromatic N) is 3. The zero-order chi connectivity index (χ0) is 17.8. The third kappa shape index (κ3) is 4.53. The SMILES string of the molecule is O=C(Cc1csc(-c2cccs2)n1)N1CCN(CC2CCCCC2)CC1. The van der Waals surface area contributed by atoms with Gasteiger partial charge in [-0.05, 0) is 30.2 Å². The topological polar surface area (TPSA) is 36.4 Å². The highest BCUT2D eigenvalue weighted by molar-refractivity contribution is 7.20. The summed E-state index contributed by atoms with van der Waals surface area (Å²) < 4.78 is 0. The van der Waals surface area contributed by atoms with Crippen LogP contribution in [0.2, 0.25) is 0 Å². The van der Waals surface area contributed by atoms with Gasteiger partial charge in [-0.15, -0.1) is 22.7 Å². The molecule has 140 valence electrons. The Kier molecular flexibility index (Phi) is 6.02. The summed E-state index contributed by atoms with van der Waals surface area (Å²) in [5, 5.41) is 5.13. The van der Waals surface area contributed by atoms with Crippen LogP contribution in [-0.4, -0.2) is 53.4 Å². The van der Waals surface area contributed by atoms with Gasteiger partial charge in [-0.2, -0.15) is 0 Å². The fourth-order valence-corrected chi connectivity index (χ4v) is 5.72. The monoisotopic (exact) mass is 389 g/mol. The second-order valence-electron chi connectivity index (χ2n) is 7.48. The molecule has 0 N–H and O–H groups in total. The van der Waals surface area contributed by atoms with Crippen molar-refractivity contribution in [3.05, 3.63) is 28.6 Å². The normalized spacial score (nSPS) is 19.8. The Morgan fingerprint density at radius 3 is 2.65 bits per heavy atom. The molecular formula is C20H27N3OS2. The van der Waals surface area contributed by atoms with Gasteiger partial charge in [0.1, 0.15) is 5.01 Å². The Balaban J connectivity index is 1.24. The molecule has 2 aliphatic rings. The summed E-state index contributed by atoms with van der Waals surface area (Å²) >= 11 is 3.33. The number of hydrogen-bond donors (Lipinski definition) is 0. The summed E-state index contributed by atoms with van der Waals surface area (Å²) in [5.74, 6) is 1.11. The van der Waals surface area contributed by atoms with Crippen LogP contribution < -0.4 is 0 Å². The lowest BCUT2D eigenvalue weighted by molar-refractivity contribution is -0.132. The van der Waals surface area contributed by atoms with Crippen molar-refractivity contribution in [1.82, 2.24) is 14.8 Å². The molecule has 1 aliphatic carbocycles. The van der Waals surface area contributed by atoms with E-state index in [4.69, 9.17) is 0 Å². The lowest BCUT2D eigenvalue weighted by Gasteiger charge is -2.37. The largest absolute Gasteiger partial charge is 0.340 e. The van der Waals surface area contributed by atoms with Crippen LogP contribution in [0, 0.1) is 5.92 Å². The van der Waals surface area contributed by atoms with Gasteiger partial charge < -0.3 is 4.90 Å². The van der Waals surface area contributed by atoms with E-state index in [1.807, 2.05) is 16.3 Å². The summed E-state index contributed by atoms with van der Waals surface area (Å²) in [7, 11) is 0. The van der Waals surface area contributed by atoms with Gasteiger partial charge in [0.05, 0.1) is 17.0 Å². The number of amides is 1. The van der Waals surface area contributed by atoms with Gasteiger partial charge >= 0.3 is 0 Å². The number of carbonyl (C=O) groups is 1. The zero-order valence-electron chi connectivity index (χ0n) is 15.2. The Labute approximate surface area is 163 Å². The number of hydrogen-bond acceptors (Lipinski definition) is 5. The Hall–Kier alpha value is -1.24. The van der Waals surface area contributed by atoms with E-state index in [9.17, 15) is 4.79 Å². The number of aromatic nitrogens is 1. The predicted octanol–water partition coefficient (Wildman–Crippen LogP) is 4.14. The van der Waals surface area contributed by atoms with Crippen LogP contribution in [-0.2, 0) is 11.2 Å². The molecule has 4 rings (SSSR count). The molecule has 1 saturated heterocycles. The molecule has 0 unspecified atom stereocenters. The van der Waals surface area contributed by atoms with E-state index in [1.54, 1.807) is 22.7 Å². The van der Waals surface area contributed by atoms with Crippen molar-refractivity contribution < 1.29 is 4.79 Å². The van der Waals surface area contributed by atoms with E-state index in [2.05, 4.69) is 21.3 Å². The lowest BCUT2D eigenvalue weighted by atomic mass is 9.89. The maximum absolute atomic E-state index is 12.6. The Morgan fingerprint density at radius 1 is 1.12 bits per heavy atom. The van der Waals surface area contributed by atoms with Crippen molar-refractivity contribution in [2.75, 3.05) is 32.7 Å². The average molecular weight is 390 g/mol. The van der Waals surface area contributed by atoms with E-state index in [-0.39, 0.29) is 5.91 Å². The van der Waals surface area contributed by atoms with Crippen LogP contribution in [0.25, 0.3) is 9.88 Å². The van der Waals surface area contributed by atoms with E-state index in [0.29, 0.717) is 6.42 Å². The summed E-state index contributed by atoms with van der Waals surface area (Å²) in [4.78, 5) is 23.1. The molecule has 1 amide bonds. The number of rotatable bonds is 5. The first-order valence-corrected chi connectivity index (χ1v) is 11.5. The van der Waals surface area contributed by atoms with Gasteiger partial charge in [0.2, 0.25) is 5.91 Å². The van der Waals surface area contributed by atoms with Gasteiger partial charge in [0.25, 0.3) is 0 Å². The second kappa shape index (κ2) is 8.63. The van der Waals surface area contributed by atoms with Crippen LogP contribution in [0.5, 0.6) is 0 Å². The van der Waals surface area contributed by atoms with Crippen LogP contribution in [0.15, 0.2) is 22.9 Å². The minimum Gasteiger partial charge on any atom is -0.340 e. The third-order valence-corrected chi connectivity index (χ3v) is 7.51. The maximum atomic E-state index is 12.6. The molecule has 1 saturated carbocycles. The van der Waals surface area contributed by atoms with Crippen molar-refractivity contribution in [3.63, 3.8) is 0 Å². The highest BCUT2D eigenvalue weighted by Crippen LogP contribution is 2.28. The van der Waals surface area contributed by atoms with E-state index in [0.717, 1.165) is 42.8 Å². The first-order valence-electron chi connectivity index (χ1n) is 9.76. The second-order valence-corrected chi connectivity index (χ2v) is 9.29. The molecule has 0 aromatic carbocycles. The molecule has 2 fully saturated rings. The van der Waals surface area contributed by atoms with Crippen molar-refractivity contribution in [2.24, 2.45) is 5.92 Å². The van der Waals surface area contributed by atoms with Gasteiger partial charge in [-0.25, -0.2) is 4.98 Å². The number of thiazole rings is 1. The molecule has 0 bridgehead atoms. The lowest BCUT2D eigenvalue weighted by Crippen LogP contribution is -2.50. The average Bonchev–Trinajstić information content (AvgIpc) is 3.35. The van der Waals surface area contributed by atoms with Crippen molar-refractivity contribution in [2.45, 2.75) is 38.5 Å². The minimum absolute atomic E-state index is 0.227. The van der Waals surface area contributed by atoms with Gasteiger partial charge in [0, 0.05) is 38.1 Å². The highest BCUT2D eigenvalue weighted by atomic mass is 32.1. The summed E-state index contributed by atoms with van der Waals surface area (Å²) in [6.07, 6.45) is 7.47. The standard InChI is InChI=1S/C20H27N3OS2/c24-19(13-17-15-26-20(21-17)18-7-4-12-25-18)23-10-8-22(9-11-23)14-16-5-2-1-3-6-16/h4,7,12,15-16H,1-3,5-6,8-11,13-14H2. The van der Waals surface area contributed by atoms with Crippen LogP contribution in [0.4, 0.5) is 0 Å². The minimum atomic E-state index is 0.227. The molecular weight excluding hydrogens is 362 g/mol. The van der Waals surface area contributed by atoms with Crippen LogP contribution in [0.1, 0.15) is 37.8 Å². The van der Waals surface area contributed by atoms with Gasteiger partial charge in [-0.1, -0.05) is 25.3 Å². The summed E-state index contributed by atoms with van der Waals surface area (Å²) in [6.45, 7) is 5.03. The Morgan fingerprint density at radius 2 is 1.92 bits per heavy atom. The van der Waals surface area contributed by atoms with Crippen LogP contribution >= 0.6 is 22.7 Å². The van der Waals surface area contributed by atoms with Crippen LogP contribution in [0.3, 0.4) is 0 Å². The number of piperazine rings is 1. The first-order chi connectivity index (χ1) is 12.8. The number of carbonyl (C=O) groups excluding carboxylic acids is 1. The molecule has 1 aliphatic heterocycles. The van der Waals surface area contributed by atoms with Crippen molar-refractivity contribution in [3.8, 4) is 9.88 Å². The van der Waals surface area contributed by atoms with Crippen molar-refractivity contribution >= 4 is 28.6 Å². The summed E-state index contributed by atoms with van der Waals surface area (Å²) in [6, 6.07) is 4.12. The molecule has 26 heavy (non-hydrogen) atoms.